The lowest BCUT2D eigenvalue weighted by atomic mass is 9.89. The van der Waals surface area contributed by atoms with Crippen molar-refractivity contribution in [1.29, 1.82) is 0 Å². The third kappa shape index (κ3) is 3.70. The Hall–Kier alpha value is -0.900. The Labute approximate surface area is 135 Å². The number of piperidine rings is 1. The zero-order valence-electron chi connectivity index (χ0n) is 14.1. The molecule has 1 spiro atoms. The Balaban J connectivity index is 0.000000131. The summed E-state index contributed by atoms with van der Waals surface area (Å²) < 4.78 is 5.80. The molecule has 0 bridgehead atoms. The van der Waals surface area contributed by atoms with Crippen LogP contribution in [0.15, 0.2) is 30.3 Å². The third-order valence-corrected chi connectivity index (χ3v) is 5.55. The minimum atomic E-state index is 0.312. The van der Waals surface area contributed by atoms with Gasteiger partial charge in [-0.05, 0) is 51.8 Å². The van der Waals surface area contributed by atoms with Crippen molar-refractivity contribution >= 4 is 0 Å². The fourth-order valence-electron chi connectivity index (χ4n) is 3.79. The van der Waals surface area contributed by atoms with E-state index in [0.29, 0.717) is 11.6 Å². The number of likely N-dealkylation sites (tertiary alicyclic amines) is 2. The SMILES string of the molecule is CN1CCC1c1ccccc1.CN1CCC2(CCCO2)CC1. The average Bonchev–Trinajstić information content (AvgIpc) is 2.99. The van der Waals surface area contributed by atoms with E-state index in [1.54, 1.807) is 0 Å². The molecule has 1 aromatic carbocycles. The topological polar surface area (TPSA) is 15.7 Å². The molecule has 3 aliphatic heterocycles. The normalized spacial score (nSPS) is 28.0. The van der Waals surface area contributed by atoms with Crippen LogP contribution in [0.25, 0.3) is 0 Å². The molecule has 3 saturated heterocycles. The quantitative estimate of drug-likeness (QED) is 0.791. The summed E-state index contributed by atoms with van der Waals surface area (Å²) >= 11 is 0. The molecule has 0 amide bonds. The van der Waals surface area contributed by atoms with Gasteiger partial charge in [0.1, 0.15) is 0 Å². The lowest BCUT2D eigenvalue weighted by molar-refractivity contribution is -0.0390. The maximum atomic E-state index is 5.80. The van der Waals surface area contributed by atoms with Crippen molar-refractivity contribution in [2.24, 2.45) is 0 Å². The van der Waals surface area contributed by atoms with E-state index in [4.69, 9.17) is 4.74 Å². The second-order valence-electron chi connectivity index (χ2n) is 7.13. The minimum absolute atomic E-state index is 0.312. The molecule has 4 rings (SSSR count). The molecule has 0 aliphatic carbocycles. The highest BCUT2D eigenvalue weighted by Crippen LogP contribution is 2.35. The number of rotatable bonds is 1. The number of nitrogens with zero attached hydrogens (tertiary/aromatic N) is 2. The van der Waals surface area contributed by atoms with Gasteiger partial charge in [-0.25, -0.2) is 0 Å². The Morgan fingerprint density at radius 1 is 1.00 bits per heavy atom. The van der Waals surface area contributed by atoms with Crippen molar-refractivity contribution in [1.82, 2.24) is 9.80 Å². The van der Waals surface area contributed by atoms with Crippen LogP contribution in [0.2, 0.25) is 0 Å². The Morgan fingerprint density at radius 3 is 2.23 bits per heavy atom. The van der Waals surface area contributed by atoms with Gasteiger partial charge in [0.05, 0.1) is 5.60 Å². The van der Waals surface area contributed by atoms with Gasteiger partial charge in [0.2, 0.25) is 0 Å². The number of hydrogen-bond donors (Lipinski definition) is 0. The molecule has 0 saturated carbocycles. The molecule has 3 fully saturated rings. The summed E-state index contributed by atoms with van der Waals surface area (Å²) in [4.78, 5) is 4.78. The molecule has 122 valence electrons. The van der Waals surface area contributed by atoms with Crippen LogP contribution >= 0.6 is 0 Å². The predicted octanol–water partition coefficient (Wildman–Crippen LogP) is 3.32. The zero-order valence-corrected chi connectivity index (χ0v) is 14.1. The fourth-order valence-corrected chi connectivity index (χ4v) is 3.79. The van der Waals surface area contributed by atoms with E-state index in [-0.39, 0.29) is 0 Å². The molecular weight excluding hydrogens is 272 g/mol. The second kappa shape index (κ2) is 7.12. The monoisotopic (exact) mass is 302 g/mol. The van der Waals surface area contributed by atoms with Crippen LogP contribution in [0.1, 0.15) is 43.7 Å². The predicted molar refractivity (Wildman–Crippen MR) is 91.1 cm³/mol. The first-order valence-corrected chi connectivity index (χ1v) is 8.76. The highest BCUT2D eigenvalue weighted by atomic mass is 16.5. The van der Waals surface area contributed by atoms with Crippen LogP contribution in [0, 0.1) is 0 Å². The van der Waals surface area contributed by atoms with Crippen LogP contribution in [-0.4, -0.2) is 55.7 Å². The van der Waals surface area contributed by atoms with Gasteiger partial charge < -0.3 is 9.64 Å². The summed E-state index contributed by atoms with van der Waals surface area (Å²) in [6, 6.07) is 11.4. The van der Waals surface area contributed by atoms with Gasteiger partial charge in [-0.2, -0.15) is 0 Å². The zero-order chi connectivity index (χ0) is 15.4. The maximum Gasteiger partial charge on any atom is 0.0707 e. The summed E-state index contributed by atoms with van der Waals surface area (Å²) in [5.74, 6) is 0. The Kier molecular flexibility index (Phi) is 5.17. The first-order valence-electron chi connectivity index (χ1n) is 8.76. The number of ether oxygens (including phenoxy) is 1. The van der Waals surface area contributed by atoms with Gasteiger partial charge >= 0.3 is 0 Å². The number of benzene rings is 1. The maximum absolute atomic E-state index is 5.80. The fraction of sp³-hybridized carbons (Fsp3) is 0.684. The highest BCUT2D eigenvalue weighted by Gasteiger charge is 2.37. The molecule has 1 aromatic rings. The molecule has 3 aliphatic rings. The summed E-state index contributed by atoms with van der Waals surface area (Å²) in [6.45, 7) is 4.70. The van der Waals surface area contributed by atoms with Gasteiger partial charge in [-0.1, -0.05) is 30.3 Å². The minimum Gasteiger partial charge on any atom is -0.375 e. The molecule has 3 heteroatoms. The molecule has 0 aromatic heterocycles. The van der Waals surface area contributed by atoms with Gasteiger partial charge in [0.15, 0.2) is 0 Å². The van der Waals surface area contributed by atoms with E-state index in [1.165, 1.54) is 57.3 Å². The second-order valence-corrected chi connectivity index (χ2v) is 7.13. The molecular formula is C19H30N2O. The van der Waals surface area contributed by atoms with Crippen LogP contribution in [-0.2, 0) is 4.74 Å². The average molecular weight is 302 g/mol. The number of hydrogen-bond acceptors (Lipinski definition) is 3. The van der Waals surface area contributed by atoms with Gasteiger partial charge in [0, 0.05) is 32.3 Å². The summed E-state index contributed by atoms with van der Waals surface area (Å²) in [7, 11) is 4.38. The van der Waals surface area contributed by atoms with Crippen LogP contribution in [0.5, 0.6) is 0 Å². The molecule has 1 unspecified atom stereocenters. The summed E-state index contributed by atoms with van der Waals surface area (Å²) in [6.07, 6.45) is 6.41. The largest absolute Gasteiger partial charge is 0.375 e. The van der Waals surface area contributed by atoms with Crippen molar-refractivity contribution in [3.63, 3.8) is 0 Å². The van der Waals surface area contributed by atoms with Crippen LogP contribution in [0.3, 0.4) is 0 Å². The van der Waals surface area contributed by atoms with E-state index in [0.717, 1.165) is 6.61 Å². The van der Waals surface area contributed by atoms with Gasteiger partial charge in [-0.15, -0.1) is 0 Å². The van der Waals surface area contributed by atoms with E-state index in [1.807, 2.05) is 0 Å². The molecule has 3 heterocycles. The smallest absolute Gasteiger partial charge is 0.0707 e. The first-order chi connectivity index (χ1) is 10.7. The highest BCUT2D eigenvalue weighted by molar-refractivity contribution is 5.20. The van der Waals surface area contributed by atoms with Gasteiger partial charge in [-0.3, -0.25) is 4.90 Å². The Morgan fingerprint density at radius 2 is 1.73 bits per heavy atom. The van der Waals surface area contributed by atoms with Crippen molar-refractivity contribution in [2.45, 2.75) is 43.7 Å². The standard InChI is InChI=1S/C10H13N.C9H17NO/c1-11-8-7-10(11)9-5-3-2-4-6-9;1-10-6-4-9(5-7-10)3-2-8-11-9/h2-6,10H,7-8H2,1H3;2-8H2,1H3. The lowest BCUT2D eigenvalue weighted by Gasteiger charge is -2.38. The van der Waals surface area contributed by atoms with Gasteiger partial charge in [0.25, 0.3) is 0 Å². The molecule has 22 heavy (non-hydrogen) atoms. The Bertz CT molecular complexity index is 446. The molecule has 0 N–H and O–H groups in total. The molecule has 0 radical (unpaired) electrons. The van der Waals surface area contributed by atoms with E-state index in [2.05, 4.69) is 54.2 Å². The van der Waals surface area contributed by atoms with Crippen molar-refractivity contribution in [3.8, 4) is 0 Å². The van der Waals surface area contributed by atoms with Crippen molar-refractivity contribution < 1.29 is 4.74 Å². The van der Waals surface area contributed by atoms with Crippen molar-refractivity contribution in [2.75, 3.05) is 40.3 Å². The molecule has 1 atom stereocenters. The first kappa shape index (κ1) is 16.0. The van der Waals surface area contributed by atoms with E-state index >= 15 is 0 Å². The molecule has 3 nitrogen and oxygen atoms in total. The van der Waals surface area contributed by atoms with Crippen molar-refractivity contribution in [3.05, 3.63) is 35.9 Å². The third-order valence-electron chi connectivity index (χ3n) is 5.55. The van der Waals surface area contributed by atoms with Crippen LogP contribution < -0.4 is 0 Å². The van der Waals surface area contributed by atoms with Crippen LogP contribution in [0.4, 0.5) is 0 Å². The summed E-state index contributed by atoms with van der Waals surface area (Å²) in [5, 5.41) is 0. The van der Waals surface area contributed by atoms with E-state index < -0.39 is 0 Å². The summed E-state index contributed by atoms with van der Waals surface area (Å²) in [5.41, 5.74) is 1.77. The lowest BCUT2D eigenvalue weighted by Crippen LogP contribution is -2.42. The van der Waals surface area contributed by atoms with E-state index in [9.17, 15) is 0 Å².